The number of aliphatic carboxylic acids is 1. The molecule has 0 fully saturated rings. The lowest BCUT2D eigenvalue weighted by Gasteiger charge is -2.13. The minimum absolute atomic E-state index is 0.192. The van der Waals surface area contributed by atoms with E-state index in [0.717, 1.165) is 0 Å². The van der Waals surface area contributed by atoms with E-state index in [1.807, 2.05) is 0 Å². The monoisotopic (exact) mass is 211 g/mol. The lowest BCUT2D eigenvalue weighted by Crippen LogP contribution is -2.22. The van der Waals surface area contributed by atoms with E-state index in [-0.39, 0.29) is 6.42 Å². The molecule has 1 aromatic rings. The summed E-state index contributed by atoms with van der Waals surface area (Å²) < 4.78 is 12.8. The molecule has 0 aliphatic rings. The highest BCUT2D eigenvalue weighted by atomic mass is 19.1. The number of carbonyl (C=O) groups is 1. The molecule has 0 radical (unpaired) electrons. The van der Waals surface area contributed by atoms with Crippen LogP contribution in [0.15, 0.2) is 24.3 Å². The molecule has 0 saturated heterocycles. The molecule has 0 spiro atoms. The summed E-state index contributed by atoms with van der Waals surface area (Å²) in [6, 6.07) is 5.69. The Kier molecular flexibility index (Phi) is 3.80. The van der Waals surface area contributed by atoms with Crippen LogP contribution in [-0.2, 0) is 11.2 Å². The average molecular weight is 211 g/mol. The lowest BCUT2D eigenvalue weighted by atomic mass is 9.97. The Hall–Kier alpha value is -1.42. The van der Waals surface area contributed by atoms with E-state index < -0.39 is 18.2 Å². The molecule has 82 valence electrons. The fourth-order valence-corrected chi connectivity index (χ4v) is 1.46. The van der Waals surface area contributed by atoms with Crippen molar-refractivity contribution in [1.29, 1.82) is 0 Å². The lowest BCUT2D eigenvalue weighted by molar-refractivity contribution is -0.138. The average Bonchev–Trinajstić information content (AvgIpc) is 2.16. The third-order valence-corrected chi connectivity index (χ3v) is 2.16. The predicted octanol–water partition coefficient (Wildman–Crippen LogP) is 1.67. The SMILES string of the molecule is CC(F)Cc1ccccc1C(N)C(=O)O. The summed E-state index contributed by atoms with van der Waals surface area (Å²) in [5.74, 6) is -1.10. The number of nitrogens with two attached hydrogens (primary N) is 1. The van der Waals surface area contributed by atoms with Crippen molar-refractivity contribution in [3.05, 3.63) is 35.4 Å². The summed E-state index contributed by atoms with van der Waals surface area (Å²) in [6.07, 6.45) is -0.816. The van der Waals surface area contributed by atoms with Gasteiger partial charge < -0.3 is 10.8 Å². The van der Waals surface area contributed by atoms with E-state index in [1.54, 1.807) is 24.3 Å². The van der Waals surface area contributed by atoms with Gasteiger partial charge in [-0.25, -0.2) is 4.39 Å². The first-order valence-corrected chi connectivity index (χ1v) is 4.72. The highest BCUT2D eigenvalue weighted by Crippen LogP contribution is 2.18. The van der Waals surface area contributed by atoms with Crippen molar-refractivity contribution in [3.8, 4) is 0 Å². The molecule has 3 N–H and O–H groups in total. The van der Waals surface area contributed by atoms with Crippen molar-refractivity contribution < 1.29 is 14.3 Å². The van der Waals surface area contributed by atoms with Crippen LogP contribution in [0.4, 0.5) is 4.39 Å². The van der Waals surface area contributed by atoms with Crippen molar-refractivity contribution in [1.82, 2.24) is 0 Å². The molecule has 1 rings (SSSR count). The number of benzene rings is 1. The minimum Gasteiger partial charge on any atom is -0.480 e. The highest BCUT2D eigenvalue weighted by molar-refractivity contribution is 5.75. The minimum atomic E-state index is -1.10. The molecule has 2 unspecified atom stereocenters. The van der Waals surface area contributed by atoms with Crippen molar-refractivity contribution >= 4 is 5.97 Å². The van der Waals surface area contributed by atoms with E-state index in [4.69, 9.17) is 10.8 Å². The van der Waals surface area contributed by atoms with Gasteiger partial charge in [-0.15, -0.1) is 0 Å². The van der Waals surface area contributed by atoms with Gasteiger partial charge in [0, 0.05) is 6.42 Å². The van der Waals surface area contributed by atoms with E-state index in [1.165, 1.54) is 6.92 Å². The number of alkyl halides is 1. The van der Waals surface area contributed by atoms with Crippen molar-refractivity contribution in [2.24, 2.45) is 5.73 Å². The normalized spacial score (nSPS) is 14.6. The van der Waals surface area contributed by atoms with Crippen LogP contribution in [0.25, 0.3) is 0 Å². The van der Waals surface area contributed by atoms with Crippen LogP contribution in [0.5, 0.6) is 0 Å². The summed E-state index contributed by atoms with van der Waals surface area (Å²) in [5, 5.41) is 8.78. The summed E-state index contributed by atoms with van der Waals surface area (Å²) in [4.78, 5) is 10.7. The molecule has 0 aliphatic heterocycles. The second-order valence-corrected chi connectivity index (χ2v) is 3.50. The first-order chi connectivity index (χ1) is 7.02. The summed E-state index contributed by atoms with van der Waals surface area (Å²) >= 11 is 0. The molecule has 4 heteroatoms. The predicted molar refractivity (Wildman–Crippen MR) is 55.3 cm³/mol. The van der Waals surface area contributed by atoms with Crippen molar-refractivity contribution in [2.45, 2.75) is 25.6 Å². The molecule has 1 aromatic carbocycles. The van der Waals surface area contributed by atoms with Crippen LogP contribution in [0, 0.1) is 0 Å². The van der Waals surface area contributed by atoms with Crippen molar-refractivity contribution in [3.63, 3.8) is 0 Å². The molecule has 0 heterocycles. The molecular formula is C11H14FNO2. The summed E-state index contributed by atoms with van der Waals surface area (Å²) in [7, 11) is 0. The van der Waals surface area contributed by atoms with E-state index in [9.17, 15) is 9.18 Å². The van der Waals surface area contributed by atoms with Crippen LogP contribution in [0.3, 0.4) is 0 Å². The molecule has 0 bridgehead atoms. The van der Waals surface area contributed by atoms with Crippen molar-refractivity contribution in [2.75, 3.05) is 0 Å². The molecule has 0 amide bonds. The van der Waals surface area contributed by atoms with Gasteiger partial charge in [0.05, 0.1) is 0 Å². The maximum absolute atomic E-state index is 12.8. The summed E-state index contributed by atoms with van der Waals surface area (Å²) in [5.41, 5.74) is 6.63. The Balaban J connectivity index is 3.00. The first kappa shape index (κ1) is 11.7. The van der Waals surface area contributed by atoms with Gasteiger partial charge in [-0.05, 0) is 18.1 Å². The van der Waals surface area contributed by atoms with Gasteiger partial charge in [0.1, 0.15) is 12.2 Å². The van der Waals surface area contributed by atoms with Gasteiger partial charge in [-0.2, -0.15) is 0 Å². The van der Waals surface area contributed by atoms with Gasteiger partial charge >= 0.3 is 5.97 Å². The standard InChI is InChI=1S/C11H14FNO2/c1-7(12)6-8-4-2-3-5-9(8)10(13)11(14)15/h2-5,7,10H,6,13H2,1H3,(H,14,15). The number of rotatable bonds is 4. The third-order valence-electron chi connectivity index (χ3n) is 2.16. The van der Waals surface area contributed by atoms with Crippen LogP contribution in [-0.4, -0.2) is 17.2 Å². The number of halogens is 1. The van der Waals surface area contributed by atoms with Gasteiger partial charge in [0.2, 0.25) is 0 Å². The van der Waals surface area contributed by atoms with Crippen LogP contribution >= 0.6 is 0 Å². The topological polar surface area (TPSA) is 63.3 Å². The zero-order chi connectivity index (χ0) is 11.4. The number of hydrogen-bond donors (Lipinski definition) is 2. The maximum atomic E-state index is 12.8. The van der Waals surface area contributed by atoms with Crippen LogP contribution in [0.2, 0.25) is 0 Å². The Morgan fingerprint density at radius 2 is 2.13 bits per heavy atom. The van der Waals surface area contributed by atoms with Gasteiger partial charge in [-0.1, -0.05) is 24.3 Å². The van der Waals surface area contributed by atoms with Crippen LogP contribution in [0.1, 0.15) is 24.1 Å². The zero-order valence-corrected chi connectivity index (χ0v) is 8.48. The molecule has 3 nitrogen and oxygen atoms in total. The first-order valence-electron chi connectivity index (χ1n) is 4.72. The Bertz CT molecular complexity index is 352. The van der Waals surface area contributed by atoms with Crippen LogP contribution < -0.4 is 5.73 Å². The molecular weight excluding hydrogens is 197 g/mol. The Morgan fingerprint density at radius 1 is 1.53 bits per heavy atom. The molecule has 0 saturated carbocycles. The molecule has 2 atom stereocenters. The van der Waals surface area contributed by atoms with E-state index in [2.05, 4.69) is 0 Å². The Morgan fingerprint density at radius 3 is 2.67 bits per heavy atom. The highest BCUT2D eigenvalue weighted by Gasteiger charge is 2.18. The zero-order valence-electron chi connectivity index (χ0n) is 8.48. The molecule has 0 aromatic heterocycles. The second-order valence-electron chi connectivity index (χ2n) is 3.50. The fraction of sp³-hybridized carbons (Fsp3) is 0.364. The summed E-state index contributed by atoms with van der Waals surface area (Å²) in [6.45, 7) is 1.43. The third kappa shape index (κ3) is 3.02. The maximum Gasteiger partial charge on any atom is 0.325 e. The quantitative estimate of drug-likeness (QED) is 0.796. The fourth-order valence-electron chi connectivity index (χ4n) is 1.46. The smallest absolute Gasteiger partial charge is 0.325 e. The second kappa shape index (κ2) is 4.89. The number of carboxylic acids is 1. The number of hydrogen-bond acceptors (Lipinski definition) is 2. The number of carboxylic acid groups (broad SMARTS) is 1. The van der Waals surface area contributed by atoms with Gasteiger partial charge in [0.25, 0.3) is 0 Å². The Labute approximate surface area is 87.7 Å². The van der Waals surface area contributed by atoms with E-state index in [0.29, 0.717) is 11.1 Å². The van der Waals surface area contributed by atoms with E-state index >= 15 is 0 Å². The molecule has 15 heavy (non-hydrogen) atoms. The van der Waals surface area contributed by atoms with Gasteiger partial charge in [0.15, 0.2) is 0 Å². The van der Waals surface area contributed by atoms with Gasteiger partial charge in [-0.3, -0.25) is 4.79 Å². The molecule has 0 aliphatic carbocycles. The largest absolute Gasteiger partial charge is 0.480 e.